The molecule has 0 saturated carbocycles. The number of ether oxygens (including phenoxy) is 1. The maximum atomic E-state index is 13.1. The minimum Gasteiger partial charge on any atom is -0.376 e. The van der Waals surface area contributed by atoms with Crippen LogP contribution in [-0.4, -0.2) is 33.6 Å². The summed E-state index contributed by atoms with van der Waals surface area (Å²) in [5, 5.41) is 5.05. The van der Waals surface area contributed by atoms with Crippen LogP contribution in [0.1, 0.15) is 24.0 Å². The Kier molecular flexibility index (Phi) is 4.76. The number of anilines is 1. The molecule has 30 heavy (non-hydrogen) atoms. The molecule has 0 amide bonds. The third kappa shape index (κ3) is 3.26. The van der Waals surface area contributed by atoms with E-state index in [0.717, 1.165) is 52.9 Å². The van der Waals surface area contributed by atoms with Crippen molar-refractivity contribution in [2.75, 3.05) is 18.5 Å². The van der Waals surface area contributed by atoms with Crippen molar-refractivity contribution in [3.63, 3.8) is 0 Å². The van der Waals surface area contributed by atoms with Gasteiger partial charge in [0.1, 0.15) is 17.2 Å². The predicted molar refractivity (Wildman–Crippen MR) is 121 cm³/mol. The average molecular weight is 423 g/mol. The van der Waals surface area contributed by atoms with Crippen LogP contribution < -0.4 is 10.9 Å². The third-order valence-corrected chi connectivity index (χ3v) is 6.13. The molecule has 4 aromatic rings. The van der Waals surface area contributed by atoms with Crippen LogP contribution in [0.15, 0.2) is 41.3 Å². The van der Waals surface area contributed by atoms with Gasteiger partial charge in [0.2, 0.25) is 0 Å². The number of rotatable bonds is 4. The lowest BCUT2D eigenvalue weighted by atomic mass is 10.0. The molecule has 1 saturated heterocycles. The van der Waals surface area contributed by atoms with Gasteiger partial charge in [-0.05, 0) is 61.4 Å². The van der Waals surface area contributed by atoms with E-state index < -0.39 is 0 Å². The molecule has 1 unspecified atom stereocenters. The maximum absolute atomic E-state index is 13.1. The Morgan fingerprint density at radius 1 is 1.30 bits per heavy atom. The van der Waals surface area contributed by atoms with E-state index in [2.05, 4.69) is 16.4 Å². The number of imidazole rings is 1. The molecule has 0 bridgehead atoms. The van der Waals surface area contributed by atoms with Gasteiger partial charge in [-0.15, -0.1) is 0 Å². The molecule has 1 aromatic carbocycles. The standard InChI is InChI=1S/C23H23ClN4O2/c1-13-5-6-15-10-18(23(29)27-20(15)14(13)2)21-22(25-11-17-4-3-9-30-17)28-12-16(24)7-8-19(28)26-21/h5-8,10,12,17,25H,3-4,9,11H2,1-2H3,(H,27,29). The number of nitrogens with one attached hydrogen (secondary N) is 2. The van der Waals surface area contributed by atoms with Gasteiger partial charge in [-0.3, -0.25) is 9.20 Å². The van der Waals surface area contributed by atoms with Gasteiger partial charge in [0, 0.05) is 19.3 Å². The van der Waals surface area contributed by atoms with Crippen molar-refractivity contribution < 1.29 is 4.74 Å². The molecule has 3 aromatic heterocycles. The summed E-state index contributed by atoms with van der Waals surface area (Å²) in [5.74, 6) is 0.747. The number of H-pyrrole nitrogens is 1. The van der Waals surface area contributed by atoms with Crippen molar-refractivity contribution >= 4 is 34.0 Å². The predicted octanol–water partition coefficient (Wildman–Crippen LogP) is 4.70. The smallest absolute Gasteiger partial charge is 0.258 e. The zero-order valence-electron chi connectivity index (χ0n) is 17.0. The Morgan fingerprint density at radius 2 is 2.17 bits per heavy atom. The van der Waals surface area contributed by atoms with Gasteiger partial charge >= 0.3 is 0 Å². The van der Waals surface area contributed by atoms with E-state index in [0.29, 0.717) is 22.8 Å². The molecule has 4 heterocycles. The second kappa shape index (κ2) is 7.45. The van der Waals surface area contributed by atoms with E-state index >= 15 is 0 Å². The van der Waals surface area contributed by atoms with Gasteiger partial charge in [0.05, 0.1) is 22.2 Å². The molecule has 1 aliphatic rings. The highest BCUT2D eigenvalue weighted by atomic mass is 35.5. The van der Waals surface area contributed by atoms with Crippen LogP contribution in [0.5, 0.6) is 0 Å². The Morgan fingerprint density at radius 3 is 2.97 bits per heavy atom. The van der Waals surface area contributed by atoms with Gasteiger partial charge < -0.3 is 15.0 Å². The summed E-state index contributed by atoms with van der Waals surface area (Å²) < 4.78 is 7.65. The van der Waals surface area contributed by atoms with Crippen LogP contribution >= 0.6 is 11.6 Å². The quantitative estimate of drug-likeness (QED) is 0.500. The number of aromatic nitrogens is 3. The number of fused-ring (bicyclic) bond motifs is 2. The van der Waals surface area contributed by atoms with E-state index in [1.165, 1.54) is 0 Å². The molecule has 2 N–H and O–H groups in total. The lowest BCUT2D eigenvalue weighted by Crippen LogP contribution is -2.20. The van der Waals surface area contributed by atoms with Crippen molar-refractivity contribution in [1.82, 2.24) is 14.4 Å². The van der Waals surface area contributed by atoms with Gasteiger partial charge in [-0.1, -0.05) is 23.7 Å². The van der Waals surface area contributed by atoms with Crippen LogP contribution in [0.3, 0.4) is 0 Å². The van der Waals surface area contributed by atoms with Gasteiger partial charge in [0.15, 0.2) is 0 Å². The first kappa shape index (κ1) is 19.2. The normalized spacial score (nSPS) is 16.6. The Hall–Kier alpha value is -2.83. The number of hydrogen-bond donors (Lipinski definition) is 2. The first-order valence-electron chi connectivity index (χ1n) is 10.2. The molecular weight excluding hydrogens is 400 g/mol. The summed E-state index contributed by atoms with van der Waals surface area (Å²) >= 11 is 6.25. The fourth-order valence-electron chi connectivity index (χ4n) is 4.09. The molecule has 1 fully saturated rings. The van der Waals surface area contributed by atoms with Crippen LogP contribution in [0, 0.1) is 13.8 Å². The summed E-state index contributed by atoms with van der Waals surface area (Å²) in [5.41, 5.74) is 4.79. The van der Waals surface area contributed by atoms with E-state index in [-0.39, 0.29) is 11.7 Å². The highest BCUT2D eigenvalue weighted by molar-refractivity contribution is 6.30. The maximum Gasteiger partial charge on any atom is 0.258 e. The fourth-order valence-corrected chi connectivity index (χ4v) is 4.25. The molecule has 5 rings (SSSR count). The van der Waals surface area contributed by atoms with Crippen LogP contribution in [0.25, 0.3) is 27.8 Å². The SMILES string of the molecule is Cc1ccc2cc(-c3nc4ccc(Cl)cn4c3NCC3CCCO3)c(=O)[nH]c2c1C. The van der Waals surface area contributed by atoms with Crippen molar-refractivity contribution in [3.05, 3.63) is 63.0 Å². The van der Waals surface area contributed by atoms with Gasteiger partial charge in [0.25, 0.3) is 5.56 Å². The Bertz CT molecular complexity index is 1320. The zero-order chi connectivity index (χ0) is 20.8. The number of aryl methyl sites for hydroxylation is 2. The summed E-state index contributed by atoms with van der Waals surface area (Å²) in [6.07, 6.45) is 4.06. The van der Waals surface area contributed by atoms with Crippen LogP contribution in [-0.2, 0) is 4.74 Å². The topological polar surface area (TPSA) is 71.4 Å². The first-order valence-corrected chi connectivity index (χ1v) is 10.6. The second-order valence-corrected chi connectivity index (χ2v) is 8.32. The molecule has 1 atom stereocenters. The van der Waals surface area contributed by atoms with Gasteiger partial charge in [-0.2, -0.15) is 0 Å². The van der Waals surface area contributed by atoms with E-state index in [1.807, 2.05) is 42.6 Å². The third-order valence-electron chi connectivity index (χ3n) is 5.91. The van der Waals surface area contributed by atoms with Crippen molar-refractivity contribution in [2.24, 2.45) is 0 Å². The van der Waals surface area contributed by atoms with Crippen molar-refractivity contribution in [1.29, 1.82) is 0 Å². The molecule has 0 spiro atoms. The lowest BCUT2D eigenvalue weighted by molar-refractivity contribution is 0.120. The minimum absolute atomic E-state index is 0.156. The summed E-state index contributed by atoms with van der Waals surface area (Å²) in [6.45, 7) is 5.51. The van der Waals surface area contributed by atoms with E-state index in [4.69, 9.17) is 21.3 Å². The molecule has 1 aliphatic heterocycles. The number of halogens is 1. The molecule has 6 nitrogen and oxygen atoms in total. The van der Waals surface area contributed by atoms with Crippen molar-refractivity contribution in [3.8, 4) is 11.3 Å². The largest absolute Gasteiger partial charge is 0.376 e. The molecule has 154 valence electrons. The molecule has 0 aliphatic carbocycles. The van der Waals surface area contributed by atoms with Crippen LogP contribution in [0.4, 0.5) is 5.82 Å². The highest BCUT2D eigenvalue weighted by Crippen LogP contribution is 2.30. The molecule has 0 radical (unpaired) electrons. The molecule has 7 heteroatoms. The summed E-state index contributed by atoms with van der Waals surface area (Å²) in [4.78, 5) is 20.9. The van der Waals surface area contributed by atoms with Crippen LogP contribution in [0.2, 0.25) is 5.02 Å². The Balaban J connectivity index is 1.67. The fraction of sp³-hybridized carbons (Fsp3) is 0.304. The van der Waals surface area contributed by atoms with E-state index in [9.17, 15) is 4.79 Å². The van der Waals surface area contributed by atoms with Gasteiger partial charge in [-0.25, -0.2) is 4.98 Å². The first-order chi connectivity index (χ1) is 14.5. The average Bonchev–Trinajstić information content (AvgIpc) is 3.37. The number of pyridine rings is 2. The molecular formula is C23H23ClN4O2. The minimum atomic E-state index is -0.161. The van der Waals surface area contributed by atoms with E-state index in [1.54, 1.807) is 6.07 Å². The number of nitrogens with zero attached hydrogens (tertiary/aromatic N) is 2. The zero-order valence-corrected chi connectivity index (χ0v) is 17.7. The van der Waals surface area contributed by atoms with Crippen molar-refractivity contribution in [2.45, 2.75) is 32.8 Å². The second-order valence-electron chi connectivity index (χ2n) is 7.88. The lowest BCUT2D eigenvalue weighted by Gasteiger charge is -2.13. The number of aromatic amines is 1. The monoisotopic (exact) mass is 422 g/mol. The highest BCUT2D eigenvalue weighted by Gasteiger charge is 2.21. The number of benzene rings is 1. The summed E-state index contributed by atoms with van der Waals surface area (Å²) in [6, 6.07) is 9.67. The summed E-state index contributed by atoms with van der Waals surface area (Å²) in [7, 11) is 0. The Labute approximate surface area is 178 Å². The number of hydrogen-bond acceptors (Lipinski definition) is 4.